The molecule has 0 radical (unpaired) electrons. The largest absolute Gasteiger partial charge is 0.364 e. The van der Waals surface area contributed by atoms with Gasteiger partial charge in [-0.25, -0.2) is 15.8 Å². The summed E-state index contributed by atoms with van der Waals surface area (Å²) in [6, 6.07) is 5.79. The molecule has 0 aliphatic heterocycles. The van der Waals surface area contributed by atoms with E-state index < -0.39 is 0 Å². The Morgan fingerprint density at radius 1 is 1.30 bits per heavy atom. The van der Waals surface area contributed by atoms with E-state index in [1.54, 1.807) is 6.20 Å². The second-order valence-corrected chi connectivity index (χ2v) is 5.04. The van der Waals surface area contributed by atoms with Gasteiger partial charge in [0, 0.05) is 18.2 Å². The van der Waals surface area contributed by atoms with E-state index in [4.69, 9.17) is 5.84 Å². The Morgan fingerprint density at radius 2 is 2.10 bits per heavy atom. The Labute approximate surface area is 117 Å². The molecular weight excluding hydrogens is 252 g/mol. The van der Waals surface area contributed by atoms with Crippen LogP contribution in [0, 0.1) is 6.92 Å². The number of hydrogen-bond donors (Lipinski definition) is 3. The topological polar surface area (TPSA) is 88.8 Å². The van der Waals surface area contributed by atoms with Gasteiger partial charge in [-0.05, 0) is 31.4 Å². The van der Waals surface area contributed by atoms with Crippen LogP contribution in [0.25, 0.3) is 0 Å². The zero-order valence-electron chi connectivity index (χ0n) is 11.4. The predicted octanol–water partition coefficient (Wildman–Crippen LogP) is 1.96. The van der Waals surface area contributed by atoms with Gasteiger partial charge in [0.25, 0.3) is 0 Å². The molecule has 4 N–H and O–H groups in total. The van der Waals surface area contributed by atoms with E-state index in [9.17, 15) is 0 Å². The van der Waals surface area contributed by atoms with E-state index in [1.165, 1.54) is 0 Å². The molecule has 2 aromatic rings. The van der Waals surface area contributed by atoms with Gasteiger partial charge in [0.15, 0.2) is 0 Å². The Hall–Kier alpha value is -2.21. The van der Waals surface area contributed by atoms with Crippen LogP contribution in [0.15, 0.2) is 24.4 Å². The first-order valence-electron chi connectivity index (χ1n) is 6.76. The highest BCUT2D eigenvalue weighted by Crippen LogP contribution is 2.38. The number of nitrogens with two attached hydrogens (primary N) is 1. The van der Waals surface area contributed by atoms with Gasteiger partial charge in [0.05, 0.1) is 12.2 Å². The lowest BCUT2D eigenvalue weighted by Gasteiger charge is -2.10. The highest BCUT2D eigenvalue weighted by molar-refractivity contribution is 5.47. The van der Waals surface area contributed by atoms with Crippen LogP contribution in [0.5, 0.6) is 0 Å². The van der Waals surface area contributed by atoms with Gasteiger partial charge in [-0.3, -0.25) is 4.98 Å². The average molecular weight is 270 g/mol. The Balaban J connectivity index is 1.76. The number of hydrazine groups is 1. The van der Waals surface area contributed by atoms with Crippen molar-refractivity contribution in [2.24, 2.45) is 5.84 Å². The Bertz CT molecular complexity index is 608. The van der Waals surface area contributed by atoms with Gasteiger partial charge in [-0.1, -0.05) is 6.07 Å². The minimum Gasteiger partial charge on any atom is -0.364 e. The van der Waals surface area contributed by atoms with Crippen LogP contribution in [-0.4, -0.2) is 15.0 Å². The third kappa shape index (κ3) is 2.85. The van der Waals surface area contributed by atoms with Crippen molar-refractivity contribution in [1.82, 2.24) is 15.0 Å². The lowest BCUT2D eigenvalue weighted by atomic mass is 10.2. The van der Waals surface area contributed by atoms with Gasteiger partial charge in [0.2, 0.25) is 0 Å². The number of anilines is 2. The van der Waals surface area contributed by atoms with E-state index in [-0.39, 0.29) is 0 Å². The second-order valence-electron chi connectivity index (χ2n) is 5.04. The summed E-state index contributed by atoms with van der Waals surface area (Å²) >= 11 is 0. The predicted molar refractivity (Wildman–Crippen MR) is 78.1 cm³/mol. The first-order chi connectivity index (χ1) is 9.76. The molecule has 2 aromatic heterocycles. The van der Waals surface area contributed by atoms with Crippen molar-refractivity contribution in [3.05, 3.63) is 41.5 Å². The molecule has 1 saturated carbocycles. The van der Waals surface area contributed by atoms with Crippen molar-refractivity contribution in [2.75, 3.05) is 10.7 Å². The Morgan fingerprint density at radius 3 is 2.80 bits per heavy atom. The summed E-state index contributed by atoms with van der Waals surface area (Å²) in [5.74, 6) is 8.23. The van der Waals surface area contributed by atoms with Crippen LogP contribution < -0.4 is 16.6 Å². The molecule has 1 aliphatic carbocycles. The molecule has 0 saturated heterocycles. The lowest BCUT2D eigenvalue weighted by Crippen LogP contribution is -2.12. The van der Waals surface area contributed by atoms with Crippen LogP contribution in [0.1, 0.15) is 35.8 Å². The van der Waals surface area contributed by atoms with E-state index >= 15 is 0 Å². The number of hydrogen-bond acceptors (Lipinski definition) is 6. The maximum Gasteiger partial charge on any atom is 0.145 e. The monoisotopic (exact) mass is 270 g/mol. The fourth-order valence-corrected chi connectivity index (χ4v) is 2.03. The summed E-state index contributed by atoms with van der Waals surface area (Å²) in [6.07, 6.45) is 4.12. The summed E-state index contributed by atoms with van der Waals surface area (Å²) in [6.45, 7) is 2.68. The molecule has 1 aliphatic rings. The first-order valence-corrected chi connectivity index (χ1v) is 6.76. The van der Waals surface area contributed by atoms with Gasteiger partial charge in [-0.2, -0.15) is 0 Å². The molecule has 1 fully saturated rings. The van der Waals surface area contributed by atoms with Gasteiger partial charge in [0.1, 0.15) is 17.5 Å². The molecule has 0 spiro atoms. The SMILES string of the molecule is Cc1cccnc1CNc1cc(NN)nc(C2CC2)n1. The molecule has 6 heteroatoms. The molecule has 2 heterocycles. The minimum atomic E-state index is 0.487. The van der Waals surface area contributed by atoms with Crippen LogP contribution >= 0.6 is 0 Å². The van der Waals surface area contributed by atoms with Crippen molar-refractivity contribution in [2.45, 2.75) is 32.2 Å². The normalized spacial score (nSPS) is 14.1. The van der Waals surface area contributed by atoms with Crippen molar-refractivity contribution < 1.29 is 0 Å². The summed E-state index contributed by atoms with van der Waals surface area (Å²) in [5.41, 5.74) is 4.77. The molecule has 0 atom stereocenters. The quantitative estimate of drug-likeness (QED) is 0.568. The molecule has 3 rings (SSSR count). The average Bonchev–Trinajstić information content (AvgIpc) is 3.31. The molecular formula is C14H18N6. The fourth-order valence-electron chi connectivity index (χ4n) is 2.03. The number of nitrogen functional groups attached to an aromatic ring is 1. The minimum absolute atomic E-state index is 0.487. The summed E-state index contributed by atoms with van der Waals surface area (Å²) in [4.78, 5) is 13.3. The van der Waals surface area contributed by atoms with Crippen molar-refractivity contribution in [1.29, 1.82) is 0 Å². The fraction of sp³-hybridized carbons (Fsp3) is 0.357. The number of nitrogens with zero attached hydrogens (tertiary/aromatic N) is 3. The molecule has 104 valence electrons. The molecule has 0 bridgehead atoms. The van der Waals surface area contributed by atoms with Gasteiger partial charge >= 0.3 is 0 Å². The maximum absolute atomic E-state index is 5.46. The maximum atomic E-state index is 5.46. The Kier molecular flexibility index (Phi) is 3.47. The zero-order valence-corrected chi connectivity index (χ0v) is 11.4. The molecule has 0 aromatic carbocycles. The summed E-state index contributed by atoms with van der Waals surface area (Å²) in [5, 5.41) is 3.29. The van der Waals surface area contributed by atoms with E-state index in [2.05, 4.69) is 25.7 Å². The summed E-state index contributed by atoms with van der Waals surface area (Å²) < 4.78 is 0. The van der Waals surface area contributed by atoms with Gasteiger partial charge < -0.3 is 10.7 Å². The number of rotatable bonds is 5. The summed E-state index contributed by atoms with van der Waals surface area (Å²) in [7, 11) is 0. The molecule has 0 amide bonds. The van der Waals surface area contributed by atoms with Gasteiger partial charge in [-0.15, -0.1) is 0 Å². The van der Waals surface area contributed by atoms with E-state index in [1.807, 2.05) is 25.1 Å². The lowest BCUT2D eigenvalue weighted by molar-refractivity contribution is 0.914. The van der Waals surface area contributed by atoms with Crippen molar-refractivity contribution in [3.8, 4) is 0 Å². The smallest absolute Gasteiger partial charge is 0.145 e. The van der Waals surface area contributed by atoms with Crippen LogP contribution in [0.4, 0.5) is 11.6 Å². The third-order valence-corrected chi connectivity index (χ3v) is 3.39. The van der Waals surface area contributed by atoms with Crippen molar-refractivity contribution >= 4 is 11.6 Å². The number of aryl methyl sites for hydroxylation is 1. The second kappa shape index (κ2) is 5.42. The molecule has 6 nitrogen and oxygen atoms in total. The highest BCUT2D eigenvalue weighted by Gasteiger charge is 2.27. The number of nitrogens with one attached hydrogen (secondary N) is 2. The van der Waals surface area contributed by atoms with Crippen molar-refractivity contribution in [3.63, 3.8) is 0 Å². The third-order valence-electron chi connectivity index (χ3n) is 3.39. The molecule has 0 unspecified atom stereocenters. The highest BCUT2D eigenvalue weighted by atomic mass is 15.3. The number of aromatic nitrogens is 3. The number of pyridine rings is 1. The van der Waals surface area contributed by atoms with Crippen LogP contribution in [0.2, 0.25) is 0 Å². The zero-order chi connectivity index (χ0) is 13.9. The van der Waals surface area contributed by atoms with E-state index in [0.29, 0.717) is 18.3 Å². The standard InChI is InChI=1S/C14H18N6/c1-9-3-2-6-16-11(9)8-17-12-7-13(20-15)19-14(18-12)10-4-5-10/h2-3,6-7,10H,4-5,8,15H2,1H3,(H2,17,18,19,20). The van der Waals surface area contributed by atoms with E-state index in [0.717, 1.165) is 35.7 Å². The molecule has 20 heavy (non-hydrogen) atoms. The first kappa shape index (κ1) is 12.8. The van der Waals surface area contributed by atoms with Crippen LogP contribution in [-0.2, 0) is 6.54 Å². The van der Waals surface area contributed by atoms with Crippen LogP contribution in [0.3, 0.4) is 0 Å².